The van der Waals surface area contributed by atoms with Gasteiger partial charge in [-0.1, -0.05) is 54.6 Å². The van der Waals surface area contributed by atoms with Crippen LogP contribution in [0.2, 0.25) is 0 Å². The molecule has 132 valence electrons. The van der Waals surface area contributed by atoms with Gasteiger partial charge in [0.1, 0.15) is 11.5 Å². The van der Waals surface area contributed by atoms with Crippen LogP contribution in [0.1, 0.15) is 5.56 Å². The predicted octanol–water partition coefficient (Wildman–Crippen LogP) is 6.88. The van der Waals surface area contributed by atoms with Crippen LogP contribution >= 0.6 is 0 Å². The van der Waals surface area contributed by atoms with Crippen LogP contribution < -0.4 is 4.74 Å². The molecule has 0 aromatic heterocycles. The smallest absolute Gasteiger partial charge is 0.167 e. The predicted molar refractivity (Wildman–Crippen MR) is 113 cm³/mol. The average molecular weight is 370 g/mol. The lowest BCUT2D eigenvalue weighted by Gasteiger charge is -2.12. The molecule has 0 spiro atoms. The van der Waals surface area contributed by atoms with E-state index in [2.05, 4.69) is 85.8 Å². The third kappa shape index (κ3) is 4.07. The molecule has 4 rings (SSSR count). The Hall–Kier alpha value is -2.97. The first-order valence-electron chi connectivity index (χ1n) is 8.99. The zero-order chi connectivity index (χ0) is 18.5. The van der Waals surface area contributed by atoms with Crippen molar-refractivity contribution in [3.8, 4) is 11.5 Å². The minimum Gasteiger partial charge on any atom is -0.457 e. The average Bonchev–Trinajstić information content (AvgIpc) is 2.73. The van der Waals surface area contributed by atoms with Crippen molar-refractivity contribution in [2.45, 2.75) is 21.6 Å². The van der Waals surface area contributed by atoms with Gasteiger partial charge in [0, 0.05) is 6.07 Å². The second-order valence-corrected chi connectivity index (χ2v) is 8.30. The van der Waals surface area contributed by atoms with E-state index >= 15 is 0 Å². The summed E-state index contributed by atoms with van der Waals surface area (Å²) >= 11 is 0. The number of hydrogen-bond acceptors (Lipinski definition) is 1. The van der Waals surface area contributed by atoms with Gasteiger partial charge in [-0.3, -0.25) is 0 Å². The van der Waals surface area contributed by atoms with Crippen molar-refractivity contribution in [1.29, 1.82) is 0 Å². The van der Waals surface area contributed by atoms with Crippen LogP contribution in [0.5, 0.6) is 11.5 Å². The molecule has 27 heavy (non-hydrogen) atoms. The van der Waals surface area contributed by atoms with Crippen molar-refractivity contribution < 1.29 is 4.74 Å². The van der Waals surface area contributed by atoms with Gasteiger partial charge in [0.05, 0.1) is 10.9 Å². The van der Waals surface area contributed by atoms with Gasteiger partial charge in [0.15, 0.2) is 14.7 Å². The van der Waals surface area contributed by atoms with E-state index in [1.54, 1.807) is 0 Å². The largest absolute Gasteiger partial charge is 0.457 e. The Balaban J connectivity index is 1.72. The van der Waals surface area contributed by atoms with Crippen LogP contribution in [-0.4, -0.2) is 0 Å². The maximum Gasteiger partial charge on any atom is 0.167 e. The number of aryl methyl sites for hydroxylation is 1. The van der Waals surface area contributed by atoms with Crippen molar-refractivity contribution in [2.24, 2.45) is 0 Å². The molecular formula is C25H21OS+. The molecule has 0 amide bonds. The number of benzene rings is 4. The van der Waals surface area contributed by atoms with E-state index < -0.39 is 0 Å². The fourth-order valence-electron chi connectivity index (χ4n) is 3.00. The second kappa shape index (κ2) is 8.15. The molecule has 0 N–H and O–H groups in total. The highest BCUT2D eigenvalue weighted by Gasteiger charge is 2.28. The van der Waals surface area contributed by atoms with E-state index in [1.165, 1.54) is 14.7 Å². The Morgan fingerprint density at radius 2 is 1.07 bits per heavy atom. The highest BCUT2D eigenvalue weighted by molar-refractivity contribution is 7.97. The van der Waals surface area contributed by atoms with Crippen LogP contribution in [0, 0.1) is 6.92 Å². The van der Waals surface area contributed by atoms with Gasteiger partial charge in [-0.25, -0.2) is 0 Å². The summed E-state index contributed by atoms with van der Waals surface area (Å²) in [6, 6.07) is 37.9. The normalized spacial score (nSPS) is 10.7. The zero-order valence-electron chi connectivity index (χ0n) is 15.2. The maximum absolute atomic E-state index is 6.06. The van der Waals surface area contributed by atoms with Gasteiger partial charge in [-0.2, -0.15) is 0 Å². The Morgan fingerprint density at radius 1 is 0.556 bits per heavy atom. The Morgan fingerprint density at radius 3 is 1.59 bits per heavy atom. The quantitative estimate of drug-likeness (QED) is 0.348. The number of rotatable bonds is 5. The summed E-state index contributed by atoms with van der Waals surface area (Å²) in [4.78, 5) is 3.94. The fraction of sp³-hybridized carbons (Fsp3) is 0.0400. The topological polar surface area (TPSA) is 9.23 Å². The van der Waals surface area contributed by atoms with E-state index in [4.69, 9.17) is 4.74 Å². The fourth-order valence-corrected chi connectivity index (χ4v) is 5.17. The first-order valence-corrected chi connectivity index (χ1v) is 10.2. The van der Waals surface area contributed by atoms with E-state index in [0.29, 0.717) is 0 Å². The molecule has 0 aliphatic heterocycles. The SMILES string of the molecule is Cc1cc([S+](c2ccccc2)c2ccccc2)ccc1Oc1ccccc1. The lowest BCUT2D eigenvalue weighted by molar-refractivity contribution is 0.478. The molecule has 1 nitrogen and oxygen atoms in total. The van der Waals surface area contributed by atoms with E-state index in [9.17, 15) is 0 Å². The summed E-state index contributed by atoms with van der Waals surface area (Å²) in [5.41, 5.74) is 1.14. The standard InChI is InChI=1S/C25H21OS/c1-20-19-24(17-18-25(20)26-21-11-5-2-6-12-21)27(22-13-7-3-8-14-22)23-15-9-4-10-16-23/h2-19H,1H3/q+1. The van der Waals surface area contributed by atoms with Gasteiger partial charge >= 0.3 is 0 Å². The second-order valence-electron chi connectivity index (χ2n) is 6.27. The molecule has 0 heterocycles. The summed E-state index contributed by atoms with van der Waals surface area (Å²) in [6.45, 7) is 2.11. The van der Waals surface area contributed by atoms with Crippen molar-refractivity contribution in [3.63, 3.8) is 0 Å². The first-order chi connectivity index (χ1) is 13.3. The molecular weight excluding hydrogens is 348 g/mol. The van der Waals surface area contributed by atoms with Crippen LogP contribution in [-0.2, 0) is 10.9 Å². The minimum atomic E-state index is -0.135. The van der Waals surface area contributed by atoms with Gasteiger partial charge in [-0.15, -0.1) is 0 Å². The number of hydrogen-bond donors (Lipinski definition) is 0. The first kappa shape index (κ1) is 17.4. The van der Waals surface area contributed by atoms with E-state index in [1.807, 2.05) is 30.3 Å². The van der Waals surface area contributed by atoms with E-state index in [-0.39, 0.29) is 10.9 Å². The van der Waals surface area contributed by atoms with Crippen LogP contribution in [0.4, 0.5) is 0 Å². The minimum absolute atomic E-state index is 0.135. The molecule has 4 aromatic carbocycles. The summed E-state index contributed by atoms with van der Waals surface area (Å²) < 4.78 is 6.06. The molecule has 0 aliphatic carbocycles. The summed E-state index contributed by atoms with van der Waals surface area (Å²) in [7, 11) is -0.135. The molecule has 0 atom stereocenters. The third-order valence-electron chi connectivity index (χ3n) is 4.31. The number of ether oxygens (including phenoxy) is 1. The molecule has 0 unspecified atom stereocenters. The van der Waals surface area contributed by atoms with Crippen molar-refractivity contribution in [1.82, 2.24) is 0 Å². The Kier molecular flexibility index (Phi) is 5.27. The van der Waals surface area contributed by atoms with Crippen molar-refractivity contribution >= 4 is 10.9 Å². The van der Waals surface area contributed by atoms with Gasteiger partial charge < -0.3 is 4.74 Å². The van der Waals surface area contributed by atoms with Gasteiger partial charge in [0.25, 0.3) is 0 Å². The molecule has 0 bridgehead atoms. The lowest BCUT2D eigenvalue weighted by atomic mass is 10.2. The van der Waals surface area contributed by atoms with Crippen LogP contribution in [0.3, 0.4) is 0 Å². The summed E-state index contributed by atoms with van der Waals surface area (Å²) in [5.74, 6) is 1.76. The van der Waals surface area contributed by atoms with Crippen molar-refractivity contribution in [3.05, 3.63) is 115 Å². The van der Waals surface area contributed by atoms with Crippen LogP contribution in [0.15, 0.2) is 124 Å². The maximum atomic E-state index is 6.06. The van der Waals surface area contributed by atoms with Gasteiger partial charge in [-0.05, 0) is 61.0 Å². The van der Waals surface area contributed by atoms with Gasteiger partial charge in [0.2, 0.25) is 0 Å². The molecule has 2 heteroatoms. The number of para-hydroxylation sites is 1. The third-order valence-corrected chi connectivity index (χ3v) is 6.52. The van der Waals surface area contributed by atoms with E-state index in [0.717, 1.165) is 17.1 Å². The summed E-state index contributed by atoms with van der Waals surface area (Å²) in [6.07, 6.45) is 0. The highest BCUT2D eigenvalue weighted by Crippen LogP contribution is 2.34. The lowest BCUT2D eigenvalue weighted by Crippen LogP contribution is -2.05. The van der Waals surface area contributed by atoms with Crippen molar-refractivity contribution in [2.75, 3.05) is 0 Å². The monoisotopic (exact) mass is 369 g/mol. The molecule has 0 saturated carbocycles. The molecule has 4 aromatic rings. The van der Waals surface area contributed by atoms with Crippen LogP contribution in [0.25, 0.3) is 0 Å². The summed E-state index contributed by atoms with van der Waals surface area (Å²) in [5, 5.41) is 0. The highest BCUT2D eigenvalue weighted by atomic mass is 32.2. The molecule has 0 radical (unpaired) electrons. The molecule has 0 saturated heterocycles. The Labute approximate surface area is 163 Å². The zero-order valence-corrected chi connectivity index (χ0v) is 16.0. The molecule has 0 aliphatic rings. The molecule has 0 fully saturated rings. The Bertz CT molecular complexity index is 959.